The van der Waals surface area contributed by atoms with Crippen LogP contribution in [-0.2, 0) is 6.42 Å². The lowest BCUT2D eigenvalue weighted by Crippen LogP contribution is -2.03. The maximum atomic E-state index is 13.6. The number of nitrogens with two attached hydrogens (primary N) is 1. The number of hydrogen-bond acceptors (Lipinski definition) is 3. The molecule has 2 N–H and O–H groups in total. The Morgan fingerprint density at radius 2 is 1.82 bits per heavy atom. The van der Waals surface area contributed by atoms with Gasteiger partial charge in [0.15, 0.2) is 17.3 Å². The molecule has 96 valence electrons. The summed E-state index contributed by atoms with van der Waals surface area (Å²) in [6, 6.07) is 1.49. The van der Waals surface area contributed by atoms with Gasteiger partial charge in [0.1, 0.15) is 0 Å². The van der Waals surface area contributed by atoms with Gasteiger partial charge in [-0.2, -0.15) is 0 Å². The first kappa shape index (κ1) is 13.8. The predicted molar refractivity (Wildman–Crippen MR) is 66.2 cm³/mol. The maximum absolute atomic E-state index is 13.6. The predicted octanol–water partition coefficient (Wildman–Crippen LogP) is 2.43. The van der Waals surface area contributed by atoms with E-state index in [1.807, 2.05) is 6.92 Å². The third-order valence-electron chi connectivity index (χ3n) is 2.81. The highest BCUT2D eigenvalue weighted by Gasteiger charge is 2.17. The van der Waals surface area contributed by atoms with E-state index < -0.39 is 0 Å². The van der Waals surface area contributed by atoms with Crippen LogP contribution in [0.1, 0.15) is 24.0 Å². The Bertz CT molecular complexity index is 380. The van der Waals surface area contributed by atoms with Gasteiger partial charge in [0.05, 0.1) is 14.2 Å². The number of rotatable bonds is 6. The molecule has 0 aromatic heterocycles. The van der Waals surface area contributed by atoms with E-state index >= 15 is 0 Å². The molecule has 3 nitrogen and oxygen atoms in total. The summed E-state index contributed by atoms with van der Waals surface area (Å²) in [6.07, 6.45) is 2.73. The summed E-state index contributed by atoms with van der Waals surface area (Å²) >= 11 is 0. The summed E-state index contributed by atoms with van der Waals surface area (Å²) < 4.78 is 23.9. The van der Waals surface area contributed by atoms with E-state index in [1.54, 1.807) is 0 Å². The molecule has 0 saturated carbocycles. The van der Waals surface area contributed by atoms with Crippen LogP contribution in [0.2, 0.25) is 0 Å². The van der Waals surface area contributed by atoms with Crippen LogP contribution in [0.5, 0.6) is 11.5 Å². The van der Waals surface area contributed by atoms with Gasteiger partial charge in [-0.1, -0.05) is 0 Å². The van der Waals surface area contributed by atoms with Crippen molar-refractivity contribution >= 4 is 0 Å². The lowest BCUT2D eigenvalue weighted by molar-refractivity contribution is 0.334. The van der Waals surface area contributed by atoms with Crippen LogP contribution in [0.15, 0.2) is 6.07 Å². The van der Waals surface area contributed by atoms with E-state index in [-0.39, 0.29) is 11.6 Å². The molecular weight excluding hydrogens is 221 g/mol. The summed E-state index contributed by atoms with van der Waals surface area (Å²) in [5.74, 6) is 0.298. The Hall–Kier alpha value is -1.29. The van der Waals surface area contributed by atoms with Crippen molar-refractivity contribution in [3.8, 4) is 11.5 Å². The summed E-state index contributed by atoms with van der Waals surface area (Å²) in [5.41, 5.74) is 7.35. The molecule has 0 fully saturated rings. The number of aryl methyl sites for hydroxylation is 1. The van der Waals surface area contributed by atoms with E-state index in [0.717, 1.165) is 30.4 Å². The molecule has 1 aromatic carbocycles. The summed E-state index contributed by atoms with van der Waals surface area (Å²) in [5, 5.41) is 0. The van der Waals surface area contributed by atoms with E-state index in [0.29, 0.717) is 12.3 Å². The van der Waals surface area contributed by atoms with Crippen molar-refractivity contribution in [2.45, 2.75) is 26.2 Å². The van der Waals surface area contributed by atoms with Gasteiger partial charge in [0, 0.05) is 5.56 Å². The van der Waals surface area contributed by atoms with Gasteiger partial charge in [-0.25, -0.2) is 4.39 Å². The smallest absolute Gasteiger partial charge is 0.197 e. The Labute approximate surface area is 102 Å². The van der Waals surface area contributed by atoms with Crippen LogP contribution < -0.4 is 15.2 Å². The van der Waals surface area contributed by atoms with Crippen molar-refractivity contribution in [3.63, 3.8) is 0 Å². The van der Waals surface area contributed by atoms with Gasteiger partial charge in [-0.15, -0.1) is 0 Å². The van der Waals surface area contributed by atoms with Crippen LogP contribution >= 0.6 is 0 Å². The monoisotopic (exact) mass is 241 g/mol. The molecule has 0 aliphatic heterocycles. The van der Waals surface area contributed by atoms with Gasteiger partial charge in [0.2, 0.25) is 0 Å². The van der Waals surface area contributed by atoms with Crippen molar-refractivity contribution in [2.75, 3.05) is 20.8 Å². The molecule has 1 aromatic rings. The Balaban J connectivity index is 3.08. The zero-order valence-electron chi connectivity index (χ0n) is 10.7. The average molecular weight is 241 g/mol. The average Bonchev–Trinajstić information content (AvgIpc) is 2.31. The molecule has 0 aliphatic rings. The quantitative estimate of drug-likeness (QED) is 0.778. The second-order valence-corrected chi connectivity index (χ2v) is 3.97. The minimum absolute atomic E-state index is 0.181. The molecule has 0 radical (unpaired) electrons. The SMILES string of the molecule is COc1c(F)cc(C)c(CCCCN)c1OC. The molecule has 0 heterocycles. The number of ether oxygens (including phenoxy) is 2. The van der Waals surface area contributed by atoms with Crippen LogP contribution in [0.4, 0.5) is 4.39 Å². The van der Waals surface area contributed by atoms with Crippen molar-refractivity contribution in [3.05, 3.63) is 23.0 Å². The minimum Gasteiger partial charge on any atom is -0.492 e. The molecule has 17 heavy (non-hydrogen) atoms. The standard InChI is InChI=1S/C13H20FNO2/c1-9-8-11(14)13(17-3)12(16-2)10(9)6-4-5-7-15/h8H,4-7,15H2,1-3H3. The lowest BCUT2D eigenvalue weighted by Gasteiger charge is -2.16. The van der Waals surface area contributed by atoms with Gasteiger partial charge < -0.3 is 15.2 Å². The first-order valence-corrected chi connectivity index (χ1v) is 5.75. The molecule has 0 aliphatic carbocycles. The number of halogens is 1. The number of methoxy groups -OCH3 is 2. The Morgan fingerprint density at radius 1 is 1.18 bits per heavy atom. The fourth-order valence-corrected chi connectivity index (χ4v) is 1.93. The largest absolute Gasteiger partial charge is 0.492 e. The van der Waals surface area contributed by atoms with Crippen LogP contribution in [0.25, 0.3) is 0 Å². The van der Waals surface area contributed by atoms with Crippen LogP contribution in [0.3, 0.4) is 0 Å². The molecule has 0 atom stereocenters. The second-order valence-electron chi connectivity index (χ2n) is 3.97. The van der Waals surface area contributed by atoms with E-state index in [4.69, 9.17) is 15.2 Å². The van der Waals surface area contributed by atoms with E-state index in [1.165, 1.54) is 20.3 Å². The molecule has 0 spiro atoms. The fourth-order valence-electron chi connectivity index (χ4n) is 1.93. The highest BCUT2D eigenvalue weighted by molar-refractivity contribution is 5.51. The first-order chi connectivity index (χ1) is 8.15. The lowest BCUT2D eigenvalue weighted by atomic mass is 10.0. The van der Waals surface area contributed by atoms with E-state index in [2.05, 4.69) is 0 Å². The highest BCUT2D eigenvalue weighted by atomic mass is 19.1. The molecule has 0 amide bonds. The first-order valence-electron chi connectivity index (χ1n) is 5.75. The molecular formula is C13H20FNO2. The number of hydrogen-bond donors (Lipinski definition) is 1. The van der Waals surface area contributed by atoms with E-state index in [9.17, 15) is 4.39 Å². The molecule has 0 saturated heterocycles. The third-order valence-corrected chi connectivity index (χ3v) is 2.81. The topological polar surface area (TPSA) is 44.5 Å². The van der Waals surface area contributed by atoms with Crippen molar-refractivity contribution in [1.29, 1.82) is 0 Å². The van der Waals surface area contributed by atoms with Crippen LogP contribution in [0, 0.1) is 12.7 Å². The highest BCUT2D eigenvalue weighted by Crippen LogP contribution is 2.36. The van der Waals surface area contributed by atoms with Gasteiger partial charge in [-0.05, 0) is 44.4 Å². The molecule has 1 rings (SSSR count). The van der Waals surface area contributed by atoms with Gasteiger partial charge >= 0.3 is 0 Å². The minimum atomic E-state index is -0.385. The Morgan fingerprint density at radius 3 is 2.35 bits per heavy atom. The van der Waals surface area contributed by atoms with Crippen molar-refractivity contribution in [2.24, 2.45) is 5.73 Å². The zero-order chi connectivity index (χ0) is 12.8. The third kappa shape index (κ3) is 3.09. The fraction of sp³-hybridized carbons (Fsp3) is 0.538. The molecule has 0 bridgehead atoms. The zero-order valence-corrected chi connectivity index (χ0v) is 10.7. The normalized spacial score (nSPS) is 10.4. The summed E-state index contributed by atoms with van der Waals surface area (Å²) in [4.78, 5) is 0. The van der Waals surface area contributed by atoms with Crippen molar-refractivity contribution < 1.29 is 13.9 Å². The molecule has 4 heteroatoms. The Kier molecular flexibility index (Phi) is 5.22. The van der Waals surface area contributed by atoms with Gasteiger partial charge in [-0.3, -0.25) is 0 Å². The molecule has 0 unspecified atom stereocenters. The second kappa shape index (κ2) is 6.45. The van der Waals surface area contributed by atoms with Gasteiger partial charge in [0.25, 0.3) is 0 Å². The number of unbranched alkanes of at least 4 members (excludes halogenated alkanes) is 1. The maximum Gasteiger partial charge on any atom is 0.197 e. The van der Waals surface area contributed by atoms with Crippen LogP contribution in [-0.4, -0.2) is 20.8 Å². The number of benzene rings is 1. The van der Waals surface area contributed by atoms with Crippen molar-refractivity contribution in [1.82, 2.24) is 0 Å². The summed E-state index contributed by atoms with van der Waals surface area (Å²) in [7, 11) is 2.98. The summed E-state index contributed by atoms with van der Waals surface area (Å²) in [6.45, 7) is 2.54.